The molecule has 2 aliphatic rings. The van der Waals surface area contributed by atoms with E-state index < -0.39 is 0 Å². The molecule has 0 spiro atoms. The van der Waals surface area contributed by atoms with E-state index in [2.05, 4.69) is 220 Å². The molecule has 0 fully saturated rings. The van der Waals surface area contributed by atoms with Crippen molar-refractivity contribution in [2.24, 2.45) is 10.8 Å². The van der Waals surface area contributed by atoms with Crippen molar-refractivity contribution in [2.45, 2.75) is 134 Å². The van der Waals surface area contributed by atoms with Crippen LogP contribution in [-0.2, 0) is 59.3 Å². The monoisotopic (exact) mass is 918 g/mol. The first-order valence-electron chi connectivity index (χ1n) is 18.7. The molecule has 0 saturated carbocycles. The number of benzene rings is 2. The second-order valence-electron chi connectivity index (χ2n) is 18.1. The van der Waals surface area contributed by atoms with Crippen molar-refractivity contribution in [3.8, 4) is 0 Å². The van der Waals surface area contributed by atoms with Crippen LogP contribution in [0.1, 0.15) is 135 Å². The zero-order valence-electron chi connectivity index (χ0n) is 36.4. The molecule has 0 bridgehead atoms. The minimum Gasteiger partial charge on any atom is -1.00 e. The van der Waals surface area contributed by atoms with Crippen molar-refractivity contribution in [1.29, 1.82) is 0 Å². The molecule has 0 heterocycles. The van der Waals surface area contributed by atoms with Gasteiger partial charge in [-0.25, -0.2) is 23.3 Å². The Morgan fingerprint density at radius 1 is 0.500 bits per heavy atom. The van der Waals surface area contributed by atoms with Gasteiger partial charge in [0.05, 0.1) is 0 Å². The quantitative estimate of drug-likeness (QED) is 0.155. The van der Waals surface area contributed by atoms with Gasteiger partial charge in [0.15, 0.2) is 0 Å². The topological polar surface area (TPSA) is 0 Å². The maximum Gasteiger partial charge on any atom is -1.00 e. The van der Waals surface area contributed by atoms with Gasteiger partial charge in [-0.2, -0.15) is 24.3 Å². The summed E-state index contributed by atoms with van der Waals surface area (Å²) in [5, 5.41) is 5.50. The van der Waals surface area contributed by atoms with Crippen LogP contribution in [0.3, 0.4) is 0 Å². The summed E-state index contributed by atoms with van der Waals surface area (Å²) in [5.74, 6) is 0. The van der Waals surface area contributed by atoms with Gasteiger partial charge in [-0.05, 0) is 21.7 Å². The molecule has 0 aliphatic heterocycles. The van der Waals surface area contributed by atoms with E-state index in [4.69, 9.17) is 0 Å². The Kier molecular flexibility index (Phi) is 25.5. The van der Waals surface area contributed by atoms with Gasteiger partial charge in [-0.15, -0.1) is 94.0 Å². The smallest absolute Gasteiger partial charge is 1.00 e. The van der Waals surface area contributed by atoms with Crippen LogP contribution in [-0.4, -0.2) is 6.41 Å². The first-order valence-corrected chi connectivity index (χ1v) is 21.2. The van der Waals surface area contributed by atoms with Crippen molar-refractivity contribution in [3.63, 3.8) is 0 Å². The molecule has 292 valence electrons. The second kappa shape index (κ2) is 25.1. The predicted octanol–water partition coefficient (Wildman–Crippen LogP) is 8.66. The zero-order chi connectivity index (χ0) is 39.9. The van der Waals surface area contributed by atoms with Crippen LogP contribution < -0.4 is 24.8 Å². The van der Waals surface area contributed by atoms with E-state index in [0.29, 0.717) is 10.8 Å². The van der Waals surface area contributed by atoms with Crippen LogP contribution in [0.5, 0.6) is 0 Å². The summed E-state index contributed by atoms with van der Waals surface area (Å²) in [7, 11) is 0. The van der Waals surface area contributed by atoms with Gasteiger partial charge in [0.1, 0.15) is 0 Å². The Morgan fingerprint density at radius 2 is 0.778 bits per heavy atom. The van der Waals surface area contributed by atoms with E-state index in [-0.39, 0.29) is 35.6 Å². The van der Waals surface area contributed by atoms with Gasteiger partial charge in [0, 0.05) is 0 Å². The minimum absolute atomic E-state index is 0. The van der Waals surface area contributed by atoms with Crippen molar-refractivity contribution < 1.29 is 73.3 Å². The third-order valence-corrected chi connectivity index (χ3v) is 7.98. The molecule has 4 heteroatoms. The van der Waals surface area contributed by atoms with E-state index in [9.17, 15) is 0 Å². The molecule has 2 aliphatic carbocycles. The van der Waals surface area contributed by atoms with E-state index in [1.165, 1.54) is 50.2 Å². The molecular formula is C50H68Cl2Zr2-2. The number of halogens is 2. The Balaban J connectivity index is 0. The first-order chi connectivity index (χ1) is 23.9. The van der Waals surface area contributed by atoms with Crippen LogP contribution in [0.25, 0.3) is 21.5 Å². The molecule has 4 aromatic rings. The molecule has 0 aromatic heterocycles. The van der Waals surface area contributed by atoms with Crippen molar-refractivity contribution in [1.82, 2.24) is 0 Å². The van der Waals surface area contributed by atoms with E-state index in [0.717, 1.165) is 12.8 Å². The average molecular weight is 922 g/mol. The Morgan fingerprint density at radius 3 is 0.981 bits per heavy atom. The number of allylic oxidation sites excluding steroid dienone is 8. The van der Waals surface area contributed by atoms with Crippen LogP contribution >= 0.6 is 0 Å². The molecule has 0 nitrogen and oxygen atoms in total. The summed E-state index contributed by atoms with van der Waals surface area (Å²) in [5.41, 5.74) is 6.70. The fourth-order valence-corrected chi connectivity index (χ4v) is 5.45. The van der Waals surface area contributed by atoms with Gasteiger partial charge in [0.2, 0.25) is 0 Å². The summed E-state index contributed by atoms with van der Waals surface area (Å²) in [4.78, 5) is 0. The SMILES string of the molecule is CC(C)(C)C1=[C-]CC=C1.CC(C)(C)C1=[C-]CC=C1.CC(C)(C)[c-]1ccc2ccccc21.CC(C)(C)[c-]1ccc2ccccc21.C[C](C)=[Zr+2].C[C](C)=[Zr+2].[Cl-].[Cl-]. The Hall–Kier alpha value is -1.29. The van der Waals surface area contributed by atoms with Crippen LogP contribution in [0, 0.1) is 23.0 Å². The summed E-state index contributed by atoms with van der Waals surface area (Å²) < 4.78 is 3.01. The average Bonchev–Trinajstić information content (AvgIpc) is 3.83. The first kappa shape index (κ1) is 54.8. The third kappa shape index (κ3) is 21.3. The van der Waals surface area contributed by atoms with Gasteiger partial charge in [0.25, 0.3) is 0 Å². The number of hydrogen-bond acceptors (Lipinski definition) is 0. The van der Waals surface area contributed by atoms with Gasteiger partial charge in [-0.3, -0.25) is 12.2 Å². The molecule has 6 rings (SSSR count). The van der Waals surface area contributed by atoms with Crippen molar-refractivity contribution in [2.75, 3.05) is 0 Å². The Labute approximate surface area is 374 Å². The normalized spacial score (nSPS) is 13.0. The van der Waals surface area contributed by atoms with E-state index >= 15 is 0 Å². The summed E-state index contributed by atoms with van der Waals surface area (Å²) >= 11 is 3.11. The third-order valence-electron chi connectivity index (χ3n) is 7.98. The molecule has 0 unspecified atom stereocenters. The van der Waals surface area contributed by atoms with Crippen LogP contribution in [0.15, 0.2) is 108 Å². The maximum atomic E-state index is 3.30. The molecular weight excluding hydrogens is 854 g/mol. The van der Waals surface area contributed by atoms with Gasteiger partial charge in [-0.1, -0.05) is 95.2 Å². The number of hydrogen-bond donors (Lipinski definition) is 0. The molecule has 0 saturated heterocycles. The molecule has 0 radical (unpaired) electrons. The minimum atomic E-state index is 0. The zero-order valence-corrected chi connectivity index (χ0v) is 42.8. The second-order valence-corrected chi connectivity index (χ2v) is 23.0. The fourth-order valence-electron chi connectivity index (χ4n) is 5.45. The van der Waals surface area contributed by atoms with Gasteiger partial charge < -0.3 is 24.8 Å². The predicted molar refractivity (Wildman–Crippen MR) is 229 cm³/mol. The summed E-state index contributed by atoms with van der Waals surface area (Å²) in [6, 6.07) is 26.0. The van der Waals surface area contributed by atoms with E-state index in [1.807, 2.05) is 0 Å². The van der Waals surface area contributed by atoms with Gasteiger partial charge >= 0.3 is 82.6 Å². The fraction of sp³-hybridized carbons (Fsp3) is 0.440. The molecule has 0 atom stereocenters. The summed E-state index contributed by atoms with van der Waals surface area (Å²) in [6.07, 6.45) is 17.3. The van der Waals surface area contributed by atoms with Crippen LogP contribution in [0.2, 0.25) is 0 Å². The van der Waals surface area contributed by atoms with Crippen molar-refractivity contribution >= 4 is 28.0 Å². The number of rotatable bonds is 0. The van der Waals surface area contributed by atoms with E-state index in [1.54, 1.807) is 48.5 Å². The Bertz CT molecular complexity index is 1680. The molecule has 4 aromatic carbocycles. The standard InChI is InChI=1S/2C13H15.2C9H13.2C3H6.2ClH.2Zr/c2*1-13(2,3)12-9-8-10-6-4-5-7-11(10)12;2*1-9(2,3)8-6-4-5-7-8;2*1-3-2;;;;/h2*4-9H,1-3H3;2*4,6H,5H2,1-3H3;2*1-2H3;2*1H;;/q4*-1;;;;;2*+2/p-2. The van der Waals surface area contributed by atoms with Crippen molar-refractivity contribution in [3.05, 3.63) is 132 Å². The summed E-state index contributed by atoms with van der Waals surface area (Å²) in [6.45, 7) is 35.3. The van der Waals surface area contributed by atoms with Crippen LogP contribution in [0.4, 0.5) is 0 Å². The maximum absolute atomic E-state index is 3.30. The molecule has 0 N–H and O–H groups in total. The molecule has 0 amide bonds. The largest absolute Gasteiger partial charge is 1.00 e. The number of fused-ring (bicyclic) bond motifs is 2. The molecule has 54 heavy (non-hydrogen) atoms.